The normalized spacial score (nSPS) is 20.8. The van der Waals surface area contributed by atoms with Gasteiger partial charge in [-0.15, -0.1) is 0 Å². The first kappa shape index (κ1) is 2.45. The van der Waals surface area contributed by atoms with Gasteiger partial charge in [-0.25, -0.2) is 0 Å². The van der Waals surface area contributed by atoms with Crippen LogP contribution in [-0.4, -0.2) is 0 Å². The van der Waals surface area contributed by atoms with E-state index in [9.17, 15) is 0 Å². The van der Waals surface area contributed by atoms with E-state index in [-0.39, 0.29) is 5.56 Å². The van der Waals surface area contributed by atoms with E-state index in [0.29, 0.717) is 5.56 Å². The molecule has 0 unspecified atom stereocenters. The Hall–Kier alpha value is -0.780. The van der Waals surface area contributed by atoms with Crippen LogP contribution in [0.15, 0.2) is 24.3 Å². The van der Waals surface area contributed by atoms with Gasteiger partial charge >= 0.3 is 0 Å². The molecule has 0 fully saturated rings. The summed E-state index contributed by atoms with van der Waals surface area (Å²) in [6.07, 6.45) is -1.50. The first-order chi connectivity index (χ1) is 6.21. The minimum atomic E-state index is -2.17. The number of hydrogen-bond donors (Lipinski definition) is 0. The molecule has 0 heteroatoms. The molecular formula is C9H12. The van der Waals surface area contributed by atoms with Crippen molar-refractivity contribution in [1.29, 1.82) is 0 Å². The van der Waals surface area contributed by atoms with Crippen LogP contribution in [0.3, 0.4) is 0 Å². The summed E-state index contributed by atoms with van der Waals surface area (Å²) in [5.41, 5.74) is 0.576. The zero-order valence-corrected chi connectivity index (χ0v) is 5.31. The van der Waals surface area contributed by atoms with Gasteiger partial charge in [0.15, 0.2) is 0 Å². The molecule has 48 valence electrons. The van der Waals surface area contributed by atoms with Gasteiger partial charge in [0.25, 0.3) is 0 Å². The topological polar surface area (TPSA) is 0 Å². The predicted molar refractivity (Wildman–Crippen MR) is 40.6 cm³/mol. The lowest BCUT2D eigenvalue weighted by molar-refractivity contribution is 1.13. The van der Waals surface area contributed by atoms with Crippen molar-refractivity contribution in [2.24, 2.45) is 0 Å². The van der Waals surface area contributed by atoms with E-state index < -0.39 is 13.2 Å². The molecule has 1 aromatic carbocycles. The van der Waals surface area contributed by atoms with Gasteiger partial charge in [0.2, 0.25) is 0 Å². The zero-order valence-electron chi connectivity index (χ0n) is 10.3. The molecule has 1 rings (SSSR count). The molecule has 0 nitrogen and oxygen atoms in total. The standard InChI is InChI=1S/C9H12/c1-3-9-6-4-5-8(2)7-9/h4-7H,3H2,1-2H3/i2D3,3D2. The van der Waals surface area contributed by atoms with Crippen molar-refractivity contribution in [2.75, 3.05) is 0 Å². The van der Waals surface area contributed by atoms with Crippen LogP contribution in [0.5, 0.6) is 0 Å². The van der Waals surface area contributed by atoms with E-state index in [0.717, 1.165) is 0 Å². The molecule has 0 aromatic heterocycles. The molecule has 0 heterocycles. The summed E-state index contributed by atoms with van der Waals surface area (Å²) in [5.74, 6) is 0. The third-order valence-electron chi connectivity index (χ3n) is 1.15. The monoisotopic (exact) mass is 125 g/mol. The third-order valence-corrected chi connectivity index (χ3v) is 1.15. The Morgan fingerprint density at radius 1 is 1.67 bits per heavy atom. The molecule has 0 bridgehead atoms. The van der Waals surface area contributed by atoms with E-state index in [4.69, 9.17) is 6.85 Å². The van der Waals surface area contributed by atoms with E-state index >= 15 is 0 Å². The number of aryl methyl sites for hydroxylation is 2. The van der Waals surface area contributed by atoms with Gasteiger partial charge in [0, 0.05) is 6.85 Å². The lowest BCUT2D eigenvalue weighted by Crippen LogP contribution is -1.78. The van der Waals surface area contributed by atoms with Crippen molar-refractivity contribution in [3.8, 4) is 0 Å². The van der Waals surface area contributed by atoms with Gasteiger partial charge in [-0.3, -0.25) is 0 Å². The second kappa shape index (κ2) is 2.67. The van der Waals surface area contributed by atoms with Gasteiger partial charge in [-0.1, -0.05) is 36.8 Å². The molecule has 0 atom stereocenters. The zero-order chi connectivity index (χ0) is 11.0. The van der Waals surface area contributed by atoms with Gasteiger partial charge in [0.1, 0.15) is 0 Å². The number of rotatable bonds is 1. The van der Waals surface area contributed by atoms with Crippen molar-refractivity contribution >= 4 is 0 Å². The van der Waals surface area contributed by atoms with Crippen molar-refractivity contribution in [2.45, 2.75) is 20.1 Å². The van der Waals surface area contributed by atoms with Crippen LogP contribution >= 0.6 is 0 Å². The average molecular weight is 125 g/mol. The van der Waals surface area contributed by atoms with E-state index in [1.165, 1.54) is 19.1 Å². The Kier molecular flexibility index (Phi) is 0.729. The maximum absolute atomic E-state index is 7.46. The molecule has 0 aliphatic heterocycles. The summed E-state index contributed by atoms with van der Waals surface area (Å²) in [6, 6.07) is 6.04. The molecule has 0 aliphatic carbocycles. The molecule has 0 spiro atoms. The van der Waals surface area contributed by atoms with Gasteiger partial charge in [-0.2, -0.15) is 0 Å². The smallest absolute Gasteiger partial charge is 0.0313 e. The van der Waals surface area contributed by atoms with Gasteiger partial charge in [-0.05, 0) is 18.8 Å². The largest absolute Gasteiger partial charge is 0.0617 e. The lowest BCUT2D eigenvalue weighted by atomic mass is 10.1. The summed E-state index contributed by atoms with van der Waals surface area (Å²) in [4.78, 5) is 0. The molecule has 9 heavy (non-hydrogen) atoms. The number of benzene rings is 1. The van der Waals surface area contributed by atoms with Crippen molar-refractivity contribution in [3.05, 3.63) is 35.4 Å². The molecule has 0 aliphatic rings. The first-order valence-corrected chi connectivity index (χ1v) is 2.82. The third kappa shape index (κ3) is 1.56. The fraction of sp³-hybridized carbons (Fsp3) is 0.333. The van der Waals surface area contributed by atoms with Crippen LogP contribution in [0.2, 0.25) is 0 Å². The molecule has 0 radical (unpaired) electrons. The van der Waals surface area contributed by atoms with E-state index in [2.05, 4.69) is 0 Å². The highest BCUT2D eigenvalue weighted by atomic mass is 13.9. The Labute approximate surface area is 63.6 Å². The SMILES string of the molecule is [2H]C([2H])([2H])c1cccc(C([2H])([2H])C)c1. The van der Waals surface area contributed by atoms with Crippen LogP contribution < -0.4 is 0 Å². The summed E-state index contributed by atoms with van der Waals surface area (Å²) >= 11 is 0. The Morgan fingerprint density at radius 2 is 2.56 bits per heavy atom. The highest BCUT2D eigenvalue weighted by Gasteiger charge is 1.85. The summed E-state index contributed by atoms with van der Waals surface area (Å²) in [7, 11) is 0. The molecule has 0 saturated carbocycles. The van der Waals surface area contributed by atoms with E-state index in [1.54, 1.807) is 12.1 Å². The van der Waals surface area contributed by atoms with Crippen molar-refractivity contribution in [3.63, 3.8) is 0 Å². The summed E-state index contributed by atoms with van der Waals surface area (Å²) < 4.78 is 36.5. The van der Waals surface area contributed by atoms with Gasteiger partial charge < -0.3 is 0 Å². The number of hydrogen-bond acceptors (Lipinski definition) is 0. The van der Waals surface area contributed by atoms with Gasteiger partial charge in [0.05, 0.1) is 0 Å². The molecule has 1 aromatic rings. The molecule has 0 N–H and O–H groups in total. The minimum Gasteiger partial charge on any atom is -0.0617 e. The van der Waals surface area contributed by atoms with Crippen LogP contribution in [0.4, 0.5) is 0 Å². The quantitative estimate of drug-likeness (QED) is 0.541. The molecular weight excluding hydrogens is 108 g/mol. The summed E-state index contributed by atoms with van der Waals surface area (Å²) in [6.45, 7) is -0.757. The lowest BCUT2D eigenvalue weighted by Gasteiger charge is -1.95. The predicted octanol–water partition coefficient (Wildman–Crippen LogP) is 2.56. The van der Waals surface area contributed by atoms with Crippen LogP contribution in [0.25, 0.3) is 0 Å². The maximum Gasteiger partial charge on any atom is 0.0313 e. The molecule has 0 amide bonds. The van der Waals surface area contributed by atoms with Crippen molar-refractivity contribution < 1.29 is 6.85 Å². The highest BCUT2D eigenvalue weighted by molar-refractivity contribution is 5.21. The van der Waals surface area contributed by atoms with E-state index in [1.807, 2.05) is 0 Å². The second-order valence-corrected chi connectivity index (χ2v) is 1.83. The summed E-state index contributed by atoms with van der Waals surface area (Å²) in [5, 5.41) is 0. The fourth-order valence-electron chi connectivity index (χ4n) is 0.675. The first-order valence-electron chi connectivity index (χ1n) is 5.32. The Bertz CT molecular complexity index is 291. The minimum absolute atomic E-state index is 0.181. The van der Waals surface area contributed by atoms with Crippen LogP contribution in [0.1, 0.15) is 24.9 Å². The van der Waals surface area contributed by atoms with Crippen LogP contribution in [-0.2, 0) is 6.37 Å². The van der Waals surface area contributed by atoms with Crippen LogP contribution in [0, 0.1) is 6.85 Å². The Balaban J connectivity index is 3.15. The maximum atomic E-state index is 7.46. The van der Waals surface area contributed by atoms with Crippen molar-refractivity contribution in [1.82, 2.24) is 0 Å². The highest BCUT2D eigenvalue weighted by Crippen LogP contribution is 2.03. The Morgan fingerprint density at radius 3 is 3.22 bits per heavy atom. The average Bonchev–Trinajstić information content (AvgIpc) is 2.01. The second-order valence-electron chi connectivity index (χ2n) is 1.83. The fourth-order valence-corrected chi connectivity index (χ4v) is 0.675. The molecule has 0 saturated heterocycles.